The highest BCUT2D eigenvalue weighted by molar-refractivity contribution is 5.85. The molecule has 0 aromatic rings. The van der Waals surface area contributed by atoms with Crippen LogP contribution in [0.1, 0.15) is 12.8 Å². The summed E-state index contributed by atoms with van der Waals surface area (Å²) in [5.74, 6) is 0. The maximum absolute atomic E-state index is 9.05. The Morgan fingerprint density at radius 2 is 2.09 bits per heavy atom. The first kappa shape index (κ1) is 13.3. The van der Waals surface area contributed by atoms with E-state index in [2.05, 4.69) is 0 Å². The van der Waals surface area contributed by atoms with Crippen molar-refractivity contribution in [3.8, 4) is 6.07 Å². The molecule has 0 rings (SSSR count). The Labute approximate surface area is 74.0 Å². The van der Waals surface area contributed by atoms with Crippen LogP contribution in [0.2, 0.25) is 0 Å². The summed E-state index contributed by atoms with van der Waals surface area (Å²) < 4.78 is 0. The van der Waals surface area contributed by atoms with E-state index in [-0.39, 0.29) is 18.8 Å². The zero-order valence-electron chi connectivity index (χ0n) is 6.95. The van der Waals surface area contributed by atoms with Crippen LogP contribution in [0.3, 0.4) is 0 Å². The minimum atomic E-state index is -0.451. The Morgan fingerprint density at radius 1 is 1.55 bits per heavy atom. The van der Waals surface area contributed by atoms with Gasteiger partial charge in [0.25, 0.3) is 0 Å². The highest BCUT2D eigenvalue weighted by Gasteiger charge is 2.02. The average molecular weight is 179 g/mol. The van der Waals surface area contributed by atoms with Crippen molar-refractivity contribution in [3.05, 3.63) is 0 Å². The lowest BCUT2D eigenvalue weighted by Crippen LogP contribution is -2.18. The number of halogens is 1. The van der Waals surface area contributed by atoms with Crippen molar-refractivity contribution in [2.75, 3.05) is 20.6 Å². The molecule has 0 heterocycles. The van der Waals surface area contributed by atoms with Gasteiger partial charge < -0.3 is 10.0 Å². The van der Waals surface area contributed by atoms with E-state index < -0.39 is 6.10 Å². The van der Waals surface area contributed by atoms with Gasteiger partial charge >= 0.3 is 0 Å². The van der Waals surface area contributed by atoms with Gasteiger partial charge in [-0.2, -0.15) is 5.26 Å². The molecule has 1 unspecified atom stereocenters. The zero-order chi connectivity index (χ0) is 7.98. The predicted molar refractivity (Wildman–Crippen MR) is 46.7 cm³/mol. The first-order valence-corrected chi connectivity index (χ1v) is 3.36. The van der Waals surface area contributed by atoms with E-state index in [1.165, 1.54) is 0 Å². The molecular weight excluding hydrogens is 164 g/mol. The lowest BCUT2D eigenvalue weighted by atomic mass is 10.2. The van der Waals surface area contributed by atoms with Crippen LogP contribution in [0.5, 0.6) is 0 Å². The van der Waals surface area contributed by atoms with E-state index in [9.17, 15) is 0 Å². The van der Waals surface area contributed by atoms with Crippen molar-refractivity contribution in [1.29, 1.82) is 5.26 Å². The third kappa shape index (κ3) is 9.70. The van der Waals surface area contributed by atoms with Gasteiger partial charge in [0.15, 0.2) is 0 Å². The van der Waals surface area contributed by atoms with Crippen LogP contribution in [0, 0.1) is 11.3 Å². The third-order valence-electron chi connectivity index (χ3n) is 1.24. The third-order valence-corrected chi connectivity index (χ3v) is 1.24. The largest absolute Gasteiger partial charge is 0.392 e. The molecule has 1 atom stereocenters. The van der Waals surface area contributed by atoms with E-state index in [1.54, 1.807) is 0 Å². The maximum Gasteiger partial charge on any atom is 0.0682 e. The SMILES string of the molecule is CN(C)CCC(O)CC#N.Cl. The van der Waals surface area contributed by atoms with Gasteiger partial charge in [-0.05, 0) is 20.5 Å². The number of nitriles is 1. The average Bonchev–Trinajstić information content (AvgIpc) is 1.85. The number of rotatable bonds is 4. The molecule has 0 radical (unpaired) electrons. The second-order valence-electron chi connectivity index (χ2n) is 2.61. The van der Waals surface area contributed by atoms with Gasteiger partial charge in [0.05, 0.1) is 18.6 Å². The molecule has 0 saturated carbocycles. The van der Waals surface area contributed by atoms with E-state index >= 15 is 0 Å². The molecule has 0 saturated heterocycles. The summed E-state index contributed by atoms with van der Waals surface area (Å²) >= 11 is 0. The quantitative estimate of drug-likeness (QED) is 0.687. The van der Waals surface area contributed by atoms with Crippen LogP contribution >= 0.6 is 12.4 Å². The Kier molecular flexibility index (Phi) is 9.44. The normalized spacial score (nSPS) is 11.9. The Morgan fingerprint density at radius 3 is 2.45 bits per heavy atom. The van der Waals surface area contributed by atoms with Gasteiger partial charge in [-0.25, -0.2) is 0 Å². The fourth-order valence-electron chi connectivity index (χ4n) is 0.615. The first-order valence-electron chi connectivity index (χ1n) is 3.36. The number of nitrogens with zero attached hydrogens (tertiary/aromatic N) is 2. The number of hydrogen-bond donors (Lipinski definition) is 1. The second kappa shape index (κ2) is 7.80. The fourth-order valence-corrected chi connectivity index (χ4v) is 0.615. The monoisotopic (exact) mass is 178 g/mol. The molecule has 0 aromatic heterocycles. The highest BCUT2D eigenvalue weighted by atomic mass is 35.5. The fraction of sp³-hybridized carbons (Fsp3) is 0.857. The maximum atomic E-state index is 9.05. The highest BCUT2D eigenvalue weighted by Crippen LogP contribution is 1.96. The van der Waals surface area contributed by atoms with Gasteiger partial charge in [-0.15, -0.1) is 12.4 Å². The van der Waals surface area contributed by atoms with Gasteiger partial charge in [0.2, 0.25) is 0 Å². The van der Waals surface area contributed by atoms with Crippen molar-refractivity contribution in [1.82, 2.24) is 4.90 Å². The number of aliphatic hydroxyl groups excluding tert-OH is 1. The Bertz CT molecular complexity index is 122. The standard InChI is InChI=1S/C7H14N2O.ClH/c1-9(2)6-4-7(10)3-5-8;/h7,10H,3-4,6H2,1-2H3;1H. The summed E-state index contributed by atoms with van der Waals surface area (Å²) in [6.45, 7) is 0.836. The van der Waals surface area contributed by atoms with Crippen LogP contribution in [0.15, 0.2) is 0 Å². The van der Waals surface area contributed by atoms with E-state index in [1.807, 2.05) is 25.1 Å². The van der Waals surface area contributed by atoms with Crippen molar-refractivity contribution in [2.45, 2.75) is 18.9 Å². The minimum absolute atomic E-state index is 0. The molecule has 0 aromatic carbocycles. The summed E-state index contributed by atoms with van der Waals surface area (Å²) in [5.41, 5.74) is 0. The van der Waals surface area contributed by atoms with Gasteiger partial charge in [-0.1, -0.05) is 0 Å². The molecule has 11 heavy (non-hydrogen) atoms. The molecule has 4 heteroatoms. The summed E-state index contributed by atoms with van der Waals surface area (Å²) in [4.78, 5) is 1.99. The molecule has 0 fully saturated rings. The minimum Gasteiger partial charge on any atom is -0.392 e. The molecule has 0 aliphatic heterocycles. The predicted octanol–water partition coefficient (Wildman–Crippen LogP) is 0.634. The lowest BCUT2D eigenvalue weighted by Gasteiger charge is -2.11. The van der Waals surface area contributed by atoms with Crippen LogP contribution < -0.4 is 0 Å². The van der Waals surface area contributed by atoms with E-state index in [0.717, 1.165) is 6.54 Å². The summed E-state index contributed by atoms with van der Waals surface area (Å²) in [6.07, 6.45) is 0.474. The van der Waals surface area contributed by atoms with Crippen molar-refractivity contribution < 1.29 is 5.11 Å². The van der Waals surface area contributed by atoms with Crippen LogP contribution in [-0.2, 0) is 0 Å². The molecule has 0 aliphatic carbocycles. The van der Waals surface area contributed by atoms with Gasteiger partial charge in [0, 0.05) is 6.54 Å². The zero-order valence-corrected chi connectivity index (χ0v) is 7.77. The van der Waals surface area contributed by atoms with Gasteiger partial charge in [0.1, 0.15) is 0 Å². The van der Waals surface area contributed by atoms with E-state index in [4.69, 9.17) is 10.4 Å². The van der Waals surface area contributed by atoms with Crippen LogP contribution in [-0.4, -0.2) is 36.8 Å². The molecule has 66 valence electrons. The number of hydrogen-bond acceptors (Lipinski definition) is 3. The number of aliphatic hydroxyl groups is 1. The van der Waals surface area contributed by atoms with Crippen molar-refractivity contribution >= 4 is 12.4 Å². The first-order chi connectivity index (χ1) is 4.66. The van der Waals surface area contributed by atoms with E-state index in [0.29, 0.717) is 6.42 Å². The summed E-state index contributed by atoms with van der Waals surface area (Å²) in [5, 5.41) is 17.2. The molecule has 1 N–H and O–H groups in total. The lowest BCUT2D eigenvalue weighted by molar-refractivity contribution is 0.156. The topological polar surface area (TPSA) is 47.3 Å². The molecule has 0 spiro atoms. The van der Waals surface area contributed by atoms with Crippen LogP contribution in [0.4, 0.5) is 0 Å². The van der Waals surface area contributed by atoms with Gasteiger partial charge in [-0.3, -0.25) is 0 Å². The molecule has 0 aliphatic rings. The molecular formula is C7H15ClN2O. The summed E-state index contributed by atoms with van der Waals surface area (Å²) in [7, 11) is 3.89. The Balaban J connectivity index is 0. The molecule has 0 bridgehead atoms. The smallest absolute Gasteiger partial charge is 0.0682 e. The van der Waals surface area contributed by atoms with Crippen molar-refractivity contribution in [3.63, 3.8) is 0 Å². The second-order valence-corrected chi connectivity index (χ2v) is 2.61. The van der Waals surface area contributed by atoms with Crippen molar-refractivity contribution in [2.24, 2.45) is 0 Å². The molecule has 0 amide bonds. The summed E-state index contributed by atoms with van der Waals surface area (Å²) in [6, 6.07) is 1.92. The molecule has 3 nitrogen and oxygen atoms in total. The van der Waals surface area contributed by atoms with Crippen LogP contribution in [0.25, 0.3) is 0 Å². The Hall–Kier alpha value is -0.300.